The smallest absolute Gasteiger partial charge is 0.282 e. The molecular formula is C17H25FN4O3S. The molecule has 0 saturated carbocycles. The van der Waals surface area contributed by atoms with E-state index in [1.807, 2.05) is 7.05 Å². The molecule has 3 rings (SSSR count). The van der Waals surface area contributed by atoms with E-state index in [4.69, 9.17) is 0 Å². The molecule has 2 aliphatic heterocycles. The van der Waals surface area contributed by atoms with Crippen LogP contribution in [-0.4, -0.2) is 92.1 Å². The summed E-state index contributed by atoms with van der Waals surface area (Å²) in [5.74, 6) is -0.673. The van der Waals surface area contributed by atoms with Crippen LogP contribution in [0.2, 0.25) is 0 Å². The fourth-order valence-electron chi connectivity index (χ4n) is 3.21. The van der Waals surface area contributed by atoms with Gasteiger partial charge >= 0.3 is 0 Å². The zero-order chi connectivity index (χ0) is 18.9. The Hall–Kier alpha value is -1.55. The van der Waals surface area contributed by atoms with Gasteiger partial charge in [-0.25, -0.2) is 4.39 Å². The van der Waals surface area contributed by atoms with Crippen LogP contribution in [0.4, 0.5) is 4.39 Å². The second-order valence-corrected chi connectivity index (χ2v) is 8.79. The molecule has 0 aromatic heterocycles. The Bertz CT molecular complexity index is 770. The predicted octanol–water partition coefficient (Wildman–Crippen LogP) is 0.384. The van der Waals surface area contributed by atoms with E-state index in [1.54, 1.807) is 24.0 Å². The van der Waals surface area contributed by atoms with E-state index < -0.39 is 16.0 Å². The molecule has 2 saturated heterocycles. The lowest BCUT2D eigenvalue weighted by Crippen LogP contribution is -2.57. The third kappa shape index (κ3) is 3.90. The van der Waals surface area contributed by atoms with Gasteiger partial charge in [0.1, 0.15) is 5.82 Å². The first kappa shape index (κ1) is 19.2. The van der Waals surface area contributed by atoms with Crippen molar-refractivity contribution in [2.24, 2.45) is 0 Å². The van der Waals surface area contributed by atoms with Gasteiger partial charge in [-0.1, -0.05) is 6.07 Å². The van der Waals surface area contributed by atoms with Crippen molar-refractivity contribution in [3.05, 3.63) is 35.1 Å². The van der Waals surface area contributed by atoms with Crippen LogP contribution in [0.5, 0.6) is 0 Å². The summed E-state index contributed by atoms with van der Waals surface area (Å²) in [4.78, 5) is 16.2. The number of carbonyl (C=O) groups is 1. The number of nitrogens with zero attached hydrogens (tertiary/aromatic N) is 4. The second kappa shape index (κ2) is 7.59. The average molecular weight is 384 g/mol. The number of rotatable bonds is 3. The lowest BCUT2D eigenvalue weighted by molar-refractivity contribution is 0.0691. The van der Waals surface area contributed by atoms with Gasteiger partial charge in [-0.05, 0) is 31.7 Å². The quantitative estimate of drug-likeness (QED) is 0.756. The fourth-order valence-corrected chi connectivity index (χ4v) is 4.79. The summed E-state index contributed by atoms with van der Waals surface area (Å²) in [7, 11) is -1.52. The highest BCUT2D eigenvalue weighted by Gasteiger charge is 2.34. The van der Waals surface area contributed by atoms with Crippen LogP contribution in [0, 0.1) is 12.7 Å². The van der Waals surface area contributed by atoms with Gasteiger partial charge in [0.15, 0.2) is 0 Å². The Morgan fingerprint density at radius 2 is 1.50 bits per heavy atom. The highest BCUT2D eigenvalue weighted by Crippen LogP contribution is 2.17. The molecule has 26 heavy (non-hydrogen) atoms. The number of halogens is 1. The molecule has 2 fully saturated rings. The highest BCUT2D eigenvalue weighted by atomic mass is 32.2. The van der Waals surface area contributed by atoms with E-state index in [1.165, 1.54) is 14.7 Å². The van der Waals surface area contributed by atoms with Crippen molar-refractivity contribution in [1.82, 2.24) is 18.4 Å². The van der Waals surface area contributed by atoms with Crippen molar-refractivity contribution in [2.75, 3.05) is 59.4 Å². The molecule has 1 amide bonds. The minimum absolute atomic E-state index is 0.259. The summed E-state index contributed by atoms with van der Waals surface area (Å²) in [6, 6.07) is 4.43. The van der Waals surface area contributed by atoms with Gasteiger partial charge in [0.25, 0.3) is 16.1 Å². The van der Waals surface area contributed by atoms with Crippen LogP contribution >= 0.6 is 0 Å². The lowest BCUT2D eigenvalue weighted by Gasteiger charge is -2.39. The van der Waals surface area contributed by atoms with E-state index in [-0.39, 0.29) is 19.0 Å². The van der Waals surface area contributed by atoms with Crippen LogP contribution in [0.3, 0.4) is 0 Å². The molecule has 0 atom stereocenters. The Labute approximate surface area is 154 Å². The maximum Gasteiger partial charge on any atom is 0.282 e. The Kier molecular flexibility index (Phi) is 5.61. The number of carbonyl (C=O) groups excluding carboxylic acids is 1. The van der Waals surface area contributed by atoms with Gasteiger partial charge in [-0.2, -0.15) is 17.0 Å². The van der Waals surface area contributed by atoms with E-state index in [0.29, 0.717) is 37.3 Å². The first-order valence-electron chi connectivity index (χ1n) is 8.78. The maximum atomic E-state index is 13.7. The van der Waals surface area contributed by atoms with Crippen molar-refractivity contribution >= 4 is 16.1 Å². The van der Waals surface area contributed by atoms with Crippen molar-refractivity contribution in [3.63, 3.8) is 0 Å². The third-order valence-electron chi connectivity index (χ3n) is 5.06. The molecule has 0 N–H and O–H groups in total. The normalized spacial score (nSPS) is 21.1. The molecule has 0 aliphatic carbocycles. The molecule has 1 aromatic rings. The van der Waals surface area contributed by atoms with Crippen molar-refractivity contribution < 1.29 is 17.6 Å². The third-order valence-corrected chi connectivity index (χ3v) is 7.09. The summed E-state index contributed by atoms with van der Waals surface area (Å²) in [6.07, 6.45) is 0. The molecule has 0 spiro atoms. The number of hydrogen-bond donors (Lipinski definition) is 0. The van der Waals surface area contributed by atoms with Gasteiger partial charge in [0.05, 0.1) is 0 Å². The molecule has 0 unspecified atom stereocenters. The van der Waals surface area contributed by atoms with E-state index in [9.17, 15) is 17.6 Å². The lowest BCUT2D eigenvalue weighted by atomic mass is 10.1. The van der Waals surface area contributed by atoms with Crippen LogP contribution in [0.15, 0.2) is 18.2 Å². The van der Waals surface area contributed by atoms with Gasteiger partial charge < -0.3 is 9.80 Å². The van der Waals surface area contributed by atoms with Crippen molar-refractivity contribution in [3.8, 4) is 0 Å². The second-order valence-electron chi connectivity index (χ2n) is 6.87. The minimum Gasteiger partial charge on any atom is -0.336 e. The molecule has 0 bridgehead atoms. The highest BCUT2D eigenvalue weighted by molar-refractivity contribution is 7.86. The molecule has 0 radical (unpaired) electrons. The van der Waals surface area contributed by atoms with Crippen LogP contribution in [0.25, 0.3) is 0 Å². The molecule has 2 heterocycles. The summed E-state index contributed by atoms with van der Waals surface area (Å²) >= 11 is 0. The number of amides is 1. The molecule has 1 aromatic carbocycles. The van der Waals surface area contributed by atoms with Gasteiger partial charge in [-0.15, -0.1) is 0 Å². The molecule has 7 nitrogen and oxygen atoms in total. The topological polar surface area (TPSA) is 64.2 Å². The van der Waals surface area contributed by atoms with Gasteiger partial charge in [0.2, 0.25) is 0 Å². The van der Waals surface area contributed by atoms with Crippen molar-refractivity contribution in [1.29, 1.82) is 0 Å². The summed E-state index contributed by atoms with van der Waals surface area (Å²) in [5, 5.41) is 0. The summed E-state index contributed by atoms with van der Waals surface area (Å²) < 4.78 is 42.2. The fraction of sp³-hybridized carbons (Fsp3) is 0.588. The Balaban J connectivity index is 1.61. The molecular weight excluding hydrogens is 359 g/mol. The molecule has 144 valence electrons. The monoisotopic (exact) mass is 384 g/mol. The van der Waals surface area contributed by atoms with E-state index in [0.717, 1.165) is 13.1 Å². The van der Waals surface area contributed by atoms with Crippen LogP contribution in [0.1, 0.15) is 15.9 Å². The zero-order valence-electron chi connectivity index (χ0n) is 15.2. The standard InChI is InChI=1S/C17H25FN4O3S/c1-14-3-4-15(13-16(14)18)17(23)20-7-11-22(12-8-20)26(24,25)21-9-5-19(2)6-10-21/h3-4,13H,5-12H2,1-2H3. The minimum atomic E-state index is -3.49. The summed E-state index contributed by atoms with van der Waals surface area (Å²) in [5.41, 5.74) is 0.785. The largest absolute Gasteiger partial charge is 0.336 e. The average Bonchev–Trinajstić information content (AvgIpc) is 2.64. The number of benzene rings is 1. The SMILES string of the molecule is Cc1ccc(C(=O)N2CCN(S(=O)(=O)N3CCN(C)CC3)CC2)cc1F. The number of aryl methyl sites for hydroxylation is 1. The van der Waals surface area contributed by atoms with Crippen LogP contribution in [-0.2, 0) is 10.2 Å². The summed E-state index contributed by atoms with van der Waals surface area (Å²) in [6.45, 7) is 5.19. The first-order valence-corrected chi connectivity index (χ1v) is 10.2. The molecule has 9 heteroatoms. The van der Waals surface area contributed by atoms with Crippen molar-refractivity contribution in [2.45, 2.75) is 6.92 Å². The molecule has 2 aliphatic rings. The zero-order valence-corrected chi connectivity index (χ0v) is 16.0. The predicted molar refractivity (Wildman–Crippen MR) is 96.6 cm³/mol. The maximum absolute atomic E-state index is 13.7. The van der Waals surface area contributed by atoms with Gasteiger partial charge in [-0.3, -0.25) is 4.79 Å². The number of hydrogen-bond acceptors (Lipinski definition) is 4. The Morgan fingerprint density at radius 1 is 0.962 bits per heavy atom. The number of piperazine rings is 2. The number of likely N-dealkylation sites (N-methyl/N-ethyl adjacent to an activating group) is 1. The Morgan fingerprint density at radius 3 is 2.04 bits per heavy atom. The first-order chi connectivity index (χ1) is 12.3. The van der Waals surface area contributed by atoms with Crippen LogP contribution < -0.4 is 0 Å². The van der Waals surface area contributed by atoms with E-state index in [2.05, 4.69) is 4.90 Å². The van der Waals surface area contributed by atoms with E-state index >= 15 is 0 Å². The van der Waals surface area contributed by atoms with Gasteiger partial charge in [0, 0.05) is 57.9 Å².